The number of hydrogen-bond donors (Lipinski definition) is 1. The van der Waals surface area contributed by atoms with Gasteiger partial charge >= 0.3 is 0 Å². The fraction of sp³-hybridized carbons (Fsp3) is 0.231. The molecule has 1 amide bonds. The molecule has 1 aromatic heterocycles. The van der Waals surface area contributed by atoms with Gasteiger partial charge in [0, 0.05) is 24.9 Å². The molecule has 0 saturated carbocycles. The quantitative estimate of drug-likeness (QED) is 0.622. The van der Waals surface area contributed by atoms with Crippen LogP contribution in [0, 0.1) is 0 Å². The highest BCUT2D eigenvalue weighted by atomic mass is 16.5. The van der Waals surface area contributed by atoms with Crippen LogP contribution in [0.3, 0.4) is 0 Å². The molecule has 1 heterocycles. The molecule has 0 fully saturated rings. The molecule has 0 aromatic carbocycles. The van der Waals surface area contributed by atoms with E-state index in [2.05, 4.69) is 10.3 Å². The summed E-state index contributed by atoms with van der Waals surface area (Å²) >= 11 is 0. The molecule has 0 atom stereocenters. The number of nitrogens with one attached hydrogen (secondary N) is 1. The molecule has 90 valence electrons. The number of ether oxygens (including phenoxy) is 1. The van der Waals surface area contributed by atoms with E-state index in [-0.39, 0.29) is 5.91 Å². The summed E-state index contributed by atoms with van der Waals surface area (Å²) in [7, 11) is 1.56. The number of carbonyl (C=O) groups is 1. The van der Waals surface area contributed by atoms with E-state index in [4.69, 9.17) is 4.74 Å². The molecule has 0 spiro atoms. The minimum Gasteiger partial charge on any atom is -0.481 e. The third-order valence-corrected chi connectivity index (χ3v) is 2.03. The van der Waals surface area contributed by atoms with Gasteiger partial charge in [0.05, 0.1) is 7.11 Å². The maximum atomic E-state index is 11.4. The highest BCUT2D eigenvalue weighted by Crippen LogP contribution is 2.07. The van der Waals surface area contributed by atoms with Crippen LogP contribution in [0.2, 0.25) is 0 Å². The first-order valence-electron chi connectivity index (χ1n) is 5.32. The molecule has 1 aromatic rings. The van der Waals surface area contributed by atoms with Crippen LogP contribution >= 0.6 is 0 Å². The van der Waals surface area contributed by atoms with Crippen LogP contribution < -0.4 is 10.1 Å². The van der Waals surface area contributed by atoms with E-state index in [0.29, 0.717) is 12.4 Å². The number of nitrogens with zero attached hydrogens (tertiary/aromatic N) is 1. The third-order valence-electron chi connectivity index (χ3n) is 2.03. The van der Waals surface area contributed by atoms with E-state index in [1.54, 1.807) is 31.5 Å². The van der Waals surface area contributed by atoms with Crippen molar-refractivity contribution in [2.24, 2.45) is 0 Å². The van der Waals surface area contributed by atoms with Gasteiger partial charge in [0.2, 0.25) is 11.8 Å². The first-order valence-corrected chi connectivity index (χ1v) is 5.32. The van der Waals surface area contributed by atoms with Gasteiger partial charge in [-0.25, -0.2) is 4.98 Å². The molecule has 0 aliphatic rings. The summed E-state index contributed by atoms with van der Waals surface area (Å²) in [6.07, 6.45) is 8.49. The highest BCUT2D eigenvalue weighted by molar-refractivity contribution is 5.87. The van der Waals surface area contributed by atoms with E-state index in [1.165, 1.54) is 6.08 Å². The van der Waals surface area contributed by atoms with Crippen LogP contribution in [0.5, 0.6) is 5.88 Å². The number of pyridine rings is 1. The molecule has 4 nitrogen and oxygen atoms in total. The largest absolute Gasteiger partial charge is 0.481 e. The zero-order chi connectivity index (χ0) is 12.5. The van der Waals surface area contributed by atoms with Crippen LogP contribution in [-0.4, -0.2) is 18.0 Å². The minimum atomic E-state index is -0.126. The van der Waals surface area contributed by atoms with Crippen LogP contribution in [-0.2, 0) is 11.3 Å². The summed E-state index contributed by atoms with van der Waals surface area (Å²) in [5.74, 6) is 0.417. The lowest BCUT2D eigenvalue weighted by Crippen LogP contribution is -2.20. The second-order valence-corrected chi connectivity index (χ2v) is 3.31. The van der Waals surface area contributed by atoms with Crippen LogP contribution in [0.4, 0.5) is 0 Å². The van der Waals surface area contributed by atoms with Crippen molar-refractivity contribution in [3.8, 4) is 5.88 Å². The van der Waals surface area contributed by atoms with Crippen molar-refractivity contribution in [1.29, 1.82) is 0 Å². The Morgan fingerprint density at radius 2 is 2.35 bits per heavy atom. The SMILES string of the molecule is C/C=C/C=C/C(=O)NCc1ccnc(OC)c1. The maximum Gasteiger partial charge on any atom is 0.244 e. The predicted octanol–water partition coefficient (Wildman–Crippen LogP) is 1.84. The van der Waals surface area contributed by atoms with Crippen molar-refractivity contribution in [1.82, 2.24) is 10.3 Å². The second-order valence-electron chi connectivity index (χ2n) is 3.31. The summed E-state index contributed by atoms with van der Waals surface area (Å²) in [4.78, 5) is 15.4. The predicted molar refractivity (Wildman–Crippen MR) is 66.6 cm³/mol. The van der Waals surface area contributed by atoms with E-state index >= 15 is 0 Å². The summed E-state index contributed by atoms with van der Waals surface area (Å²) < 4.78 is 4.99. The molecule has 4 heteroatoms. The molecule has 0 saturated heterocycles. The van der Waals surface area contributed by atoms with Crippen molar-refractivity contribution >= 4 is 5.91 Å². The monoisotopic (exact) mass is 232 g/mol. The van der Waals surface area contributed by atoms with Gasteiger partial charge in [-0.1, -0.05) is 18.2 Å². The average Bonchev–Trinajstić information content (AvgIpc) is 2.37. The Bertz CT molecular complexity index is 425. The van der Waals surface area contributed by atoms with Crippen LogP contribution in [0.25, 0.3) is 0 Å². The van der Waals surface area contributed by atoms with Gasteiger partial charge in [0.15, 0.2) is 0 Å². The molecule has 0 radical (unpaired) electrons. The van der Waals surface area contributed by atoms with Crippen LogP contribution in [0.1, 0.15) is 12.5 Å². The lowest BCUT2D eigenvalue weighted by molar-refractivity contribution is -0.116. The van der Waals surface area contributed by atoms with E-state index in [9.17, 15) is 4.79 Å². The van der Waals surface area contributed by atoms with Gasteiger partial charge in [0.25, 0.3) is 0 Å². The third kappa shape index (κ3) is 4.97. The Morgan fingerprint density at radius 3 is 3.06 bits per heavy atom. The minimum absolute atomic E-state index is 0.126. The standard InChI is InChI=1S/C13H16N2O2/c1-3-4-5-6-12(16)15-10-11-7-8-14-13(9-11)17-2/h3-9H,10H2,1-2H3,(H,15,16)/b4-3+,6-5+. The van der Waals surface area contributed by atoms with E-state index in [0.717, 1.165) is 5.56 Å². The fourth-order valence-electron chi connectivity index (χ4n) is 1.17. The second kappa shape index (κ2) is 7.22. The van der Waals surface area contributed by atoms with Gasteiger partial charge in [-0.05, 0) is 18.6 Å². The van der Waals surface area contributed by atoms with Gasteiger partial charge in [-0.15, -0.1) is 0 Å². The molecule has 0 bridgehead atoms. The van der Waals surface area contributed by atoms with Gasteiger partial charge < -0.3 is 10.1 Å². The Morgan fingerprint density at radius 1 is 1.53 bits per heavy atom. The Labute approximate surface area is 101 Å². The summed E-state index contributed by atoms with van der Waals surface area (Å²) in [5, 5.41) is 2.77. The number of hydrogen-bond acceptors (Lipinski definition) is 3. The molecule has 0 aliphatic carbocycles. The lowest BCUT2D eigenvalue weighted by atomic mass is 10.2. The zero-order valence-corrected chi connectivity index (χ0v) is 10.0. The Kier molecular flexibility index (Phi) is 5.51. The van der Waals surface area contributed by atoms with Crippen molar-refractivity contribution in [3.63, 3.8) is 0 Å². The van der Waals surface area contributed by atoms with Gasteiger partial charge in [0.1, 0.15) is 0 Å². The molecule has 1 N–H and O–H groups in total. The van der Waals surface area contributed by atoms with Gasteiger partial charge in [-0.3, -0.25) is 4.79 Å². The summed E-state index contributed by atoms with van der Waals surface area (Å²) in [6, 6.07) is 3.62. The molecule has 1 rings (SSSR count). The topological polar surface area (TPSA) is 51.2 Å². The number of amides is 1. The molecular formula is C13H16N2O2. The molecule has 0 unspecified atom stereocenters. The number of methoxy groups -OCH3 is 1. The van der Waals surface area contributed by atoms with E-state index in [1.807, 2.05) is 19.1 Å². The van der Waals surface area contributed by atoms with Crippen molar-refractivity contribution in [2.45, 2.75) is 13.5 Å². The van der Waals surface area contributed by atoms with Crippen LogP contribution in [0.15, 0.2) is 42.6 Å². The van der Waals surface area contributed by atoms with Crippen molar-refractivity contribution in [3.05, 3.63) is 48.2 Å². The smallest absolute Gasteiger partial charge is 0.244 e. The average molecular weight is 232 g/mol. The maximum absolute atomic E-state index is 11.4. The Hall–Kier alpha value is -2.10. The van der Waals surface area contributed by atoms with Gasteiger partial charge in [-0.2, -0.15) is 0 Å². The number of aromatic nitrogens is 1. The summed E-state index contributed by atoms with van der Waals surface area (Å²) in [5.41, 5.74) is 0.949. The van der Waals surface area contributed by atoms with Crippen molar-refractivity contribution in [2.75, 3.05) is 7.11 Å². The highest BCUT2D eigenvalue weighted by Gasteiger charge is 1.98. The summed E-state index contributed by atoms with van der Waals surface area (Å²) in [6.45, 7) is 2.35. The first kappa shape index (κ1) is 13.0. The first-order chi connectivity index (χ1) is 8.26. The number of allylic oxidation sites excluding steroid dienone is 3. The van der Waals surface area contributed by atoms with Crippen molar-refractivity contribution < 1.29 is 9.53 Å². The molecule has 17 heavy (non-hydrogen) atoms. The number of carbonyl (C=O) groups excluding carboxylic acids is 1. The zero-order valence-electron chi connectivity index (χ0n) is 10.0. The Balaban J connectivity index is 2.47. The normalized spacial score (nSPS) is 10.9. The number of rotatable bonds is 5. The molecule has 0 aliphatic heterocycles. The fourth-order valence-corrected chi connectivity index (χ4v) is 1.17. The lowest BCUT2D eigenvalue weighted by Gasteiger charge is -2.04. The van der Waals surface area contributed by atoms with E-state index < -0.39 is 0 Å². The molecular weight excluding hydrogens is 216 g/mol.